The minimum atomic E-state index is -0.248. The Hall–Kier alpha value is -2.70. The normalized spacial score (nSPS) is 12.3. The molecule has 0 spiro atoms. The highest BCUT2D eigenvalue weighted by molar-refractivity contribution is 5.87. The van der Waals surface area contributed by atoms with Gasteiger partial charge in [0, 0.05) is 13.1 Å². The van der Waals surface area contributed by atoms with Crippen LogP contribution in [0.15, 0.2) is 30.5 Å². The van der Waals surface area contributed by atoms with E-state index in [0.717, 1.165) is 10.9 Å². The topological polar surface area (TPSA) is 78.5 Å². The largest absolute Gasteiger partial charge is 0.363 e. The predicted molar refractivity (Wildman–Crippen MR) is 79.7 cm³/mol. The zero-order chi connectivity index (χ0) is 14.8. The van der Waals surface area contributed by atoms with Gasteiger partial charge in [0.1, 0.15) is 11.6 Å². The van der Waals surface area contributed by atoms with E-state index in [9.17, 15) is 4.39 Å². The summed E-state index contributed by atoms with van der Waals surface area (Å²) in [5.74, 6) is 0.929. The molecule has 3 N–H and O–H groups in total. The molecule has 0 aliphatic rings. The minimum absolute atomic E-state index is 0.0247. The van der Waals surface area contributed by atoms with Gasteiger partial charge in [0.15, 0.2) is 5.65 Å². The minimum Gasteiger partial charge on any atom is -0.363 e. The number of rotatable bonds is 4. The highest BCUT2D eigenvalue weighted by Gasteiger charge is 2.12. The fraction of sp³-hybridized carbons (Fsp3) is 0.214. The lowest BCUT2D eigenvalue weighted by Crippen LogP contribution is -2.10. The van der Waals surface area contributed by atoms with Crippen molar-refractivity contribution in [1.82, 2.24) is 20.2 Å². The van der Waals surface area contributed by atoms with Gasteiger partial charge in [-0.2, -0.15) is 15.1 Å². The molecule has 1 aromatic carbocycles. The first kappa shape index (κ1) is 13.3. The van der Waals surface area contributed by atoms with Crippen LogP contribution in [0, 0.1) is 5.82 Å². The van der Waals surface area contributed by atoms with Gasteiger partial charge in [-0.3, -0.25) is 5.10 Å². The lowest BCUT2D eigenvalue weighted by molar-refractivity contribution is 0.626. The van der Waals surface area contributed by atoms with Crippen LogP contribution in [-0.4, -0.2) is 27.2 Å². The molecular formula is C14H15FN6. The van der Waals surface area contributed by atoms with E-state index in [2.05, 4.69) is 30.8 Å². The number of fused-ring (bicyclic) bond motifs is 1. The first-order chi connectivity index (χ1) is 10.2. The summed E-state index contributed by atoms with van der Waals surface area (Å²) in [6.45, 7) is 1.99. The number of benzene rings is 1. The zero-order valence-electron chi connectivity index (χ0n) is 11.7. The van der Waals surface area contributed by atoms with Crippen LogP contribution < -0.4 is 10.6 Å². The second-order valence-electron chi connectivity index (χ2n) is 4.70. The number of hydrogen-bond donors (Lipinski definition) is 3. The van der Waals surface area contributed by atoms with E-state index >= 15 is 0 Å². The molecule has 0 saturated heterocycles. The quantitative estimate of drug-likeness (QED) is 0.687. The molecule has 0 bridgehead atoms. The molecule has 0 aliphatic heterocycles. The summed E-state index contributed by atoms with van der Waals surface area (Å²) < 4.78 is 13.0. The highest BCUT2D eigenvalue weighted by Crippen LogP contribution is 2.24. The smallest absolute Gasteiger partial charge is 0.226 e. The van der Waals surface area contributed by atoms with Crippen LogP contribution in [0.3, 0.4) is 0 Å². The van der Waals surface area contributed by atoms with Crippen molar-refractivity contribution in [3.8, 4) is 0 Å². The SMILES string of the molecule is CNc1nc(NC(C)c2ccc(F)cc2)c2cn[nH]c2n1. The lowest BCUT2D eigenvalue weighted by atomic mass is 10.1. The van der Waals surface area contributed by atoms with Gasteiger partial charge in [0.05, 0.1) is 11.6 Å². The Bertz CT molecular complexity index is 752. The summed E-state index contributed by atoms with van der Waals surface area (Å²) in [6.07, 6.45) is 1.68. The van der Waals surface area contributed by atoms with Gasteiger partial charge in [-0.15, -0.1) is 0 Å². The van der Waals surface area contributed by atoms with Crippen LogP contribution in [0.5, 0.6) is 0 Å². The lowest BCUT2D eigenvalue weighted by Gasteiger charge is -2.16. The van der Waals surface area contributed by atoms with Crippen molar-refractivity contribution in [2.45, 2.75) is 13.0 Å². The average Bonchev–Trinajstić information content (AvgIpc) is 2.96. The van der Waals surface area contributed by atoms with Crippen LogP contribution >= 0.6 is 0 Å². The number of anilines is 2. The number of nitrogens with one attached hydrogen (secondary N) is 3. The highest BCUT2D eigenvalue weighted by atomic mass is 19.1. The van der Waals surface area contributed by atoms with Gasteiger partial charge in [0.2, 0.25) is 5.95 Å². The molecule has 0 radical (unpaired) electrons. The molecule has 6 nitrogen and oxygen atoms in total. The van der Waals surface area contributed by atoms with Crippen molar-refractivity contribution in [1.29, 1.82) is 0 Å². The van der Waals surface area contributed by atoms with Crippen LogP contribution in [0.4, 0.5) is 16.2 Å². The average molecular weight is 286 g/mol. The third-order valence-electron chi connectivity index (χ3n) is 3.26. The molecule has 3 aromatic rings. The van der Waals surface area contributed by atoms with Crippen molar-refractivity contribution < 1.29 is 4.39 Å². The van der Waals surface area contributed by atoms with E-state index in [4.69, 9.17) is 0 Å². The van der Waals surface area contributed by atoms with Gasteiger partial charge >= 0.3 is 0 Å². The number of aromatic amines is 1. The van der Waals surface area contributed by atoms with E-state index in [1.165, 1.54) is 12.1 Å². The molecule has 108 valence electrons. The molecule has 1 atom stereocenters. The Morgan fingerprint density at radius 2 is 1.95 bits per heavy atom. The number of halogens is 1. The molecular weight excluding hydrogens is 271 g/mol. The van der Waals surface area contributed by atoms with Crippen LogP contribution in [0.1, 0.15) is 18.5 Å². The monoisotopic (exact) mass is 286 g/mol. The van der Waals surface area contributed by atoms with Gasteiger partial charge in [0.25, 0.3) is 0 Å². The van der Waals surface area contributed by atoms with Crippen molar-refractivity contribution >= 4 is 22.8 Å². The summed E-state index contributed by atoms with van der Waals surface area (Å²) in [5, 5.41) is 13.8. The van der Waals surface area contributed by atoms with E-state index in [-0.39, 0.29) is 11.9 Å². The summed E-state index contributed by atoms with van der Waals surface area (Å²) in [6, 6.07) is 6.36. The van der Waals surface area contributed by atoms with Crippen LogP contribution in [0.25, 0.3) is 11.0 Å². The zero-order valence-corrected chi connectivity index (χ0v) is 11.7. The molecule has 7 heteroatoms. The van der Waals surface area contributed by atoms with Crippen molar-refractivity contribution in [2.24, 2.45) is 0 Å². The molecule has 0 saturated carbocycles. The Morgan fingerprint density at radius 3 is 2.67 bits per heavy atom. The molecule has 0 fully saturated rings. The van der Waals surface area contributed by atoms with E-state index < -0.39 is 0 Å². The summed E-state index contributed by atoms with van der Waals surface area (Å²) >= 11 is 0. The third kappa shape index (κ3) is 2.62. The van der Waals surface area contributed by atoms with Crippen LogP contribution in [-0.2, 0) is 0 Å². The van der Waals surface area contributed by atoms with Crippen molar-refractivity contribution in [2.75, 3.05) is 17.7 Å². The second-order valence-corrected chi connectivity index (χ2v) is 4.70. The molecule has 2 heterocycles. The molecule has 3 rings (SSSR count). The Kier molecular flexibility index (Phi) is 3.39. The maximum absolute atomic E-state index is 13.0. The molecule has 0 amide bonds. The van der Waals surface area contributed by atoms with Crippen molar-refractivity contribution in [3.05, 3.63) is 41.8 Å². The van der Waals surface area contributed by atoms with Gasteiger partial charge < -0.3 is 10.6 Å². The maximum Gasteiger partial charge on any atom is 0.226 e. The maximum atomic E-state index is 13.0. The summed E-state index contributed by atoms with van der Waals surface area (Å²) in [7, 11) is 1.75. The number of hydrogen-bond acceptors (Lipinski definition) is 5. The van der Waals surface area contributed by atoms with Gasteiger partial charge in [-0.25, -0.2) is 4.39 Å². The first-order valence-electron chi connectivity index (χ1n) is 6.58. The van der Waals surface area contributed by atoms with E-state index in [0.29, 0.717) is 17.4 Å². The molecule has 0 aliphatic carbocycles. The number of aromatic nitrogens is 4. The van der Waals surface area contributed by atoms with E-state index in [1.807, 2.05) is 6.92 Å². The molecule has 1 unspecified atom stereocenters. The molecule has 21 heavy (non-hydrogen) atoms. The third-order valence-corrected chi connectivity index (χ3v) is 3.26. The second kappa shape index (κ2) is 5.35. The number of H-pyrrole nitrogens is 1. The Balaban J connectivity index is 1.93. The standard InChI is InChI=1S/C14H15FN6/c1-8(9-3-5-10(15)6-4-9)18-12-11-7-17-21-13(11)20-14(16-2)19-12/h3-8H,1-2H3,(H3,16,17,18,19,20,21). The number of nitrogens with zero attached hydrogens (tertiary/aromatic N) is 3. The Labute approximate surface area is 120 Å². The predicted octanol–water partition coefficient (Wildman–Crippen LogP) is 2.71. The van der Waals surface area contributed by atoms with Gasteiger partial charge in [-0.05, 0) is 24.6 Å². The Morgan fingerprint density at radius 1 is 1.19 bits per heavy atom. The van der Waals surface area contributed by atoms with Gasteiger partial charge in [-0.1, -0.05) is 12.1 Å². The fourth-order valence-electron chi connectivity index (χ4n) is 2.10. The molecule has 2 aromatic heterocycles. The van der Waals surface area contributed by atoms with Crippen molar-refractivity contribution in [3.63, 3.8) is 0 Å². The fourth-order valence-corrected chi connectivity index (χ4v) is 2.10. The van der Waals surface area contributed by atoms with Crippen LogP contribution in [0.2, 0.25) is 0 Å². The summed E-state index contributed by atoms with van der Waals surface area (Å²) in [4.78, 5) is 8.68. The first-order valence-corrected chi connectivity index (χ1v) is 6.58. The van der Waals surface area contributed by atoms with E-state index in [1.54, 1.807) is 25.4 Å². The summed E-state index contributed by atoms with van der Waals surface area (Å²) in [5.41, 5.74) is 1.63.